The molecule has 27 heavy (non-hydrogen) atoms. The van der Waals surface area contributed by atoms with E-state index in [9.17, 15) is 14.9 Å². The van der Waals surface area contributed by atoms with E-state index in [0.717, 1.165) is 11.1 Å². The second-order valence-corrected chi connectivity index (χ2v) is 5.63. The van der Waals surface area contributed by atoms with Gasteiger partial charge in [-0.25, -0.2) is 0 Å². The van der Waals surface area contributed by atoms with E-state index in [2.05, 4.69) is 21.5 Å². The Morgan fingerprint density at radius 1 is 1.15 bits per heavy atom. The average molecular weight is 362 g/mol. The van der Waals surface area contributed by atoms with E-state index < -0.39 is 10.9 Å². The number of nitriles is 1. The van der Waals surface area contributed by atoms with Crippen molar-refractivity contribution in [3.8, 4) is 17.2 Å². The fourth-order valence-electron chi connectivity index (χ4n) is 2.40. The van der Waals surface area contributed by atoms with Crippen molar-refractivity contribution in [1.82, 2.24) is 14.8 Å². The van der Waals surface area contributed by atoms with E-state index in [1.165, 1.54) is 11.0 Å². The van der Waals surface area contributed by atoms with Crippen molar-refractivity contribution in [2.45, 2.75) is 13.0 Å². The van der Waals surface area contributed by atoms with Crippen LogP contribution in [0.5, 0.6) is 0 Å². The molecule has 1 heterocycles. The molecule has 9 heteroatoms. The van der Waals surface area contributed by atoms with E-state index in [1.807, 2.05) is 24.3 Å². The molecule has 0 aliphatic heterocycles. The molecule has 0 fully saturated rings. The van der Waals surface area contributed by atoms with Gasteiger partial charge in [-0.2, -0.15) is 9.94 Å². The van der Waals surface area contributed by atoms with Gasteiger partial charge in [-0.15, -0.1) is 0 Å². The predicted molar refractivity (Wildman–Crippen MR) is 96.5 cm³/mol. The smallest absolute Gasteiger partial charge is 0.390 e. The van der Waals surface area contributed by atoms with Crippen LogP contribution in [0.2, 0.25) is 0 Å². The highest BCUT2D eigenvalue weighted by molar-refractivity contribution is 5.90. The standard InChI is InChI=1S/C18H14N6O3/c19-11-13-1-3-14(4-2-13)15-5-7-16(8-6-15)21-17(25)9-10-23-12-20-18(22-23)24(26)27/h1-8,12H,9-10H2,(H,21,25). The first-order valence-corrected chi connectivity index (χ1v) is 7.99. The molecule has 134 valence electrons. The Morgan fingerprint density at radius 2 is 1.78 bits per heavy atom. The number of nitro groups is 1. The van der Waals surface area contributed by atoms with Gasteiger partial charge in [-0.05, 0) is 40.3 Å². The van der Waals surface area contributed by atoms with Crippen LogP contribution in [0.15, 0.2) is 54.9 Å². The number of benzene rings is 2. The molecule has 0 radical (unpaired) electrons. The molecule has 2 aromatic carbocycles. The van der Waals surface area contributed by atoms with Crippen LogP contribution in [0, 0.1) is 21.4 Å². The molecular weight excluding hydrogens is 348 g/mol. The average Bonchev–Trinajstić information content (AvgIpc) is 3.17. The monoisotopic (exact) mass is 362 g/mol. The highest BCUT2D eigenvalue weighted by Crippen LogP contribution is 2.22. The lowest BCUT2D eigenvalue weighted by molar-refractivity contribution is -0.394. The fourth-order valence-corrected chi connectivity index (χ4v) is 2.40. The zero-order chi connectivity index (χ0) is 19.2. The number of aromatic nitrogens is 3. The van der Waals surface area contributed by atoms with Gasteiger partial charge in [-0.3, -0.25) is 4.79 Å². The van der Waals surface area contributed by atoms with Gasteiger partial charge in [-0.1, -0.05) is 29.2 Å². The Balaban J connectivity index is 1.56. The number of carbonyl (C=O) groups is 1. The zero-order valence-corrected chi connectivity index (χ0v) is 14.1. The maximum Gasteiger partial charge on any atom is 0.490 e. The number of amides is 1. The summed E-state index contributed by atoms with van der Waals surface area (Å²) in [6.07, 6.45) is 1.33. The van der Waals surface area contributed by atoms with Crippen LogP contribution in [-0.2, 0) is 11.3 Å². The van der Waals surface area contributed by atoms with E-state index in [1.54, 1.807) is 24.3 Å². The SMILES string of the molecule is N#Cc1ccc(-c2ccc(NC(=O)CCn3cnc([N+](=O)[O-])n3)cc2)cc1. The summed E-state index contributed by atoms with van der Waals surface area (Å²) in [5.74, 6) is -0.729. The lowest BCUT2D eigenvalue weighted by Gasteiger charge is -2.06. The van der Waals surface area contributed by atoms with Gasteiger partial charge in [0.25, 0.3) is 0 Å². The van der Waals surface area contributed by atoms with Crippen LogP contribution in [0.25, 0.3) is 11.1 Å². The Bertz CT molecular complexity index is 1000. The third-order valence-electron chi connectivity index (χ3n) is 3.77. The molecule has 3 aromatic rings. The molecule has 0 aliphatic rings. The minimum Gasteiger partial charge on any atom is -0.390 e. The summed E-state index contributed by atoms with van der Waals surface area (Å²) >= 11 is 0. The number of hydrogen-bond donors (Lipinski definition) is 1. The molecule has 0 aliphatic carbocycles. The second-order valence-electron chi connectivity index (χ2n) is 5.63. The minimum atomic E-state index is -0.689. The van der Waals surface area contributed by atoms with Crippen molar-refractivity contribution in [3.05, 3.63) is 70.5 Å². The highest BCUT2D eigenvalue weighted by atomic mass is 16.6. The van der Waals surface area contributed by atoms with E-state index in [0.29, 0.717) is 11.3 Å². The van der Waals surface area contributed by atoms with Gasteiger partial charge in [0.2, 0.25) is 12.2 Å². The summed E-state index contributed by atoms with van der Waals surface area (Å²) in [5.41, 5.74) is 3.18. The molecular formula is C18H14N6O3. The molecule has 0 saturated carbocycles. The molecule has 0 saturated heterocycles. The number of aryl methyl sites for hydroxylation is 1. The van der Waals surface area contributed by atoms with Crippen molar-refractivity contribution in [2.75, 3.05) is 5.32 Å². The lowest BCUT2D eigenvalue weighted by Crippen LogP contribution is -2.14. The maximum absolute atomic E-state index is 12.0. The number of anilines is 1. The molecule has 3 rings (SSSR count). The largest absolute Gasteiger partial charge is 0.490 e. The predicted octanol–water partition coefficient (Wildman–Crippen LogP) is 2.75. The van der Waals surface area contributed by atoms with Crippen LogP contribution in [0.3, 0.4) is 0 Å². The van der Waals surface area contributed by atoms with Crippen LogP contribution < -0.4 is 5.32 Å². The number of nitrogens with one attached hydrogen (secondary N) is 1. The number of nitrogens with zero attached hydrogens (tertiary/aromatic N) is 5. The zero-order valence-electron chi connectivity index (χ0n) is 14.1. The molecule has 1 amide bonds. The van der Waals surface area contributed by atoms with Gasteiger partial charge < -0.3 is 15.4 Å². The normalized spacial score (nSPS) is 10.2. The summed E-state index contributed by atoms with van der Waals surface area (Å²) in [7, 11) is 0. The van der Waals surface area contributed by atoms with Crippen molar-refractivity contribution < 1.29 is 9.72 Å². The summed E-state index contributed by atoms with van der Waals surface area (Å²) in [5, 5.41) is 25.8. The Kier molecular flexibility index (Phi) is 5.18. The van der Waals surface area contributed by atoms with Crippen LogP contribution in [0.4, 0.5) is 11.6 Å². The third kappa shape index (κ3) is 4.52. The van der Waals surface area contributed by atoms with Crippen molar-refractivity contribution >= 4 is 17.5 Å². The maximum atomic E-state index is 12.0. The van der Waals surface area contributed by atoms with E-state index >= 15 is 0 Å². The Morgan fingerprint density at radius 3 is 2.33 bits per heavy atom. The van der Waals surface area contributed by atoms with Crippen molar-refractivity contribution in [3.63, 3.8) is 0 Å². The molecule has 0 atom stereocenters. The molecule has 9 nitrogen and oxygen atoms in total. The van der Waals surface area contributed by atoms with Crippen molar-refractivity contribution in [1.29, 1.82) is 5.26 Å². The lowest BCUT2D eigenvalue weighted by atomic mass is 10.0. The summed E-state index contributed by atoms with van der Waals surface area (Å²) in [4.78, 5) is 25.4. The Labute approximate surface area is 154 Å². The quantitative estimate of drug-likeness (QED) is 0.530. The Hall–Kier alpha value is -4.06. The summed E-state index contributed by atoms with van der Waals surface area (Å²) < 4.78 is 1.26. The minimum absolute atomic E-state index is 0.109. The summed E-state index contributed by atoms with van der Waals surface area (Å²) in [6.45, 7) is 0.190. The van der Waals surface area contributed by atoms with Gasteiger partial charge in [0.05, 0.1) is 18.2 Å². The van der Waals surface area contributed by atoms with Crippen LogP contribution in [0.1, 0.15) is 12.0 Å². The molecule has 0 spiro atoms. The van der Waals surface area contributed by atoms with E-state index in [-0.39, 0.29) is 18.9 Å². The first-order valence-electron chi connectivity index (χ1n) is 7.99. The number of hydrogen-bond acceptors (Lipinski definition) is 6. The first-order chi connectivity index (χ1) is 13.0. The third-order valence-corrected chi connectivity index (χ3v) is 3.77. The molecule has 0 unspecified atom stereocenters. The summed E-state index contributed by atoms with van der Waals surface area (Å²) in [6, 6.07) is 16.6. The topological polar surface area (TPSA) is 127 Å². The molecule has 1 N–H and O–H groups in total. The number of carbonyl (C=O) groups excluding carboxylic acids is 1. The van der Waals surface area contributed by atoms with Crippen molar-refractivity contribution in [2.24, 2.45) is 0 Å². The molecule has 1 aromatic heterocycles. The van der Waals surface area contributed by atoms with Gasteiger partial charge in [0.15, 0.2) is 0 Å². The number of rotatable bonds is 6. The second kappa shape index (κ2) is 7.88. The van der Waals surface area contributed by atoms with Gasteiger partial charge in [0, 0.05) is 17.2 Å². The van der Waals surface area contributed by atoms with Gasteiger partial charge in [0.1, 0.15) is 0 Å². The first kappa shape index (κ1) is 17.8. The van der Waals surface area contributed by atoms with E-state index in [4.69, 9.17) is 5.26 Å². The highest BCUT2D eigenvalue weighted by Gasteiger charge is 2.13. The van der Waals surface area contributed by atoms with Crippen LogP contribution >= 0.6 is 0 Å². The van der Waals surface area contributed by atoms with Crippen LogP contribution in [-0.4, -0.2) is 25.6 Å². The molecule has 0 bridgehead atoms. The van der Waals surface area contributed by atoms with Gasteiger partial charge >= 0.3 is 5.95 Å². The fraction of sp³-hybridized carbons (Fsp3) is 0.111.